The number of carbonyl (C=O) groups is 2. The first-order valence-electron chi connectivity index (χ1n) is 11.1. The van der Waals surface area contributed by atoms with Gasteiger partial charge in [0.15, 0.2) is 0 Å². The Bertz CT molecular complexity index is 882. The molecule has 2 atom stereocenters. The first-order valence-corrected chi connectivity index (χ1v) is 12.0. The summed E-state index contributed by atoms with van der Waals surface area (Å²) in [4.78, 5) is 30.6. The van der Waals surface area contributed by atoms with Crippen molar-refractivity contribution in [2.45, 2.75) is 19.0 Å². The molecule has 0 radical (unpaired) electrons. The molecule has 2 amide bonds. The predicted molar refractivity (Wildman–Crippen MR) is 131 cm³/mol. The van der Waals surface area contributed by atoms with Crippen molar-refractivity contribution >= 4 is 28.8 Å². The van der Waals surface area contributed by atoms with Crippen LogP contribution in [0.25, 0.3) is 0 Å². The largest absolute Gasteiger partial charge is 0.497 e. The average molecular weight is 475 g/mol. The molecule has 9 nitrogen and oxygen atoms in total. The SMILES string of the molecule is COc1ccc(N2CCN(C(c3cccs3)C(C)NC(=O)C(=O)NCCN(C)N)CC2)cc1. The van der Waals surface area contributed by atoms with Gasteiger partial charge in [-0.05, 0) is 42.6 Å². The van der Waals surface area contributed by atoms with Crippen molar-refractivity contribution in [1.82, 2.24) is 20.5 Å². The highest BCUT2D eigenvalue weighted by Gasteiger charge is 2.31. The maximum Gasteiger partial charge on any atom is 0.309 e. The molecule has 2 unspecified atom stereocenters. The van der Waals surface area contributed by atoms with Crippen LogP contribution >= 0.6 is 11.3 Å². The Balaban J connectivity index is 1.61. The van der Waals surface area contributed by atoms with Crippen LogP contribution in [0, 0.1) is 0 Å². The fraction of sp³-hybridized carbons (Fsp3) is 0.478. The van der Waals surface area contributed by atoms with E-state index in [0.717, 1.165) is 31.9 Å². The average Bonchev–Trinajstić information content (AvgIpc) is 3.33. The smallest absolute Gasteiger partial charge is 0.309 e. The molecule has 2 heterocycles. The summed E-state index contributed by atoms with van der Waals surface area (Å²) in [6.07, 6.45) is 0. The molecule has 10 heteroatoms. The van der Waals surface area contributed by atoms with Crippen molar-refractivity contribution in [2.75, 3.05) is 58.3 Å². The molecule has 0 saturated carbocycles. The van der Waals surface area contributed by atoms with Gasteiger partial charge in [0, 0.05) is 62.9 Å². The van der Waals surface area contributed by atoms with Crippen LogP contribution in [0.2, 0.25) is 0 Å². The minimum Gasteiger partial charge on any atom is -0.497 e. The number of hydrazine groups is 1. The van der Waals surface area contributed by atoms with E-state index in [1.807, 2.05) is 30.5 Å². The number of nitrogens with two attached hydrogens (primary N) is 1. The molecule has 4 N–H and O–H groups in total. The van der Waals surface area contributed by atoms with Gasteiger partial charge in [0.1, 0.15) is 5.75 Å². The van der Waals surface area contributed by atoms with Gasteiger partial charge in [-0.1, -0.05) is 6.07 Å². The van der Waals surface area contributed by atoms with E-state index in [1.54, 1.807) is 25.5 Å². The van der Waals surface area contributed by atoms with Crippen molar-refractivity contribution < 1.29 is 14.3 Å². The molecule has 2 aromatic rings. The Kier molecular flexibility index (Phi) is 9.07. The standard InChI is InChI=1S/C23H34N6O3S/c1-17(26-23(31)22(30)25-10-11-27(2)24)21(20-5-4-16-33-20)29-14-12-28(13-15-29)18-6-8-19(32-3)9-7-18/h4-9,16-17,21H,10-15,24H2,1-3H3,(H,25,30)(H,26,31). The molecular weight excluding hydrogens is 440 g/mol. The summed E-state index contributed by atoms with van der Waals surface area (Å²) in [7, 11) is 3.37. The van der Waals surface area contributed by atoms with E-state index in [-0.39, 0.29) is 12.1 Å². The number of hydrogen-bond donors (Lipinski definition) is 3. The summed E-state index contributed by atoms with van der Waals surface area (Å²) < 4.78 is 5.26. The molecule has 3 rings (SSSR count). The number of piperazine rings is 1. The Morgan fingerprint density at radius 2 is 1.85 bits per heavy atom. The Morgan fingerprint density at radius 3 is 2.42 bits per heavy atom. The number of rotatable bonds is 9. The van der Waals surface area contributed by atoms with E-state index in [2.05, 4.69) is 38.6 Å². The summed E-state index contributed by atoms with van der Waals surface area (Å²) in [5, 5.41) is 9.01. The quantitative estimate of drug-likeness (QED) is 0.284. The zero-order valence-corrected chi connectivity index (χ0v) is 20.3. The third-order valence-electron chi connectivity index (χ3n) is 5.77. The number of carbonyl (C=O) groups excluding carboxylic acids is 2. The monoisotopic (exact) mass is 474 g/mol. The number of hydrogen-bond acceptors (Lipinski definition) is 8. The van der Waals surface area contributed by atoms with Gasteiger partial charge >= 0.3 is 11.8 Å². The van der Waals surface area contributed by atoms with Gasteiger partial charge in [-0.25, -0.2) is 5.01 Å². The van der Waals surface area contributed by atoms with Gasteiger partial charge in [-0.3, -0.25) is 20.3 Å². The number of ether oxygens (including phenoxy) is 1. The first-order chi connectivity index (χ1) is 15.9. The fourth-order valence-corrected chi connectivity index (χ4v) is 4.99. The maximum absolute atomic E-state index is 12.5. The lowest BCUT2D eigenvalue weighted by molar-refractivity contribution is -0.139. The second-order valence-corrected chi connectivity index (χ2v) is 9.16. The van der Waals surface area contributed by atoms with E-state index in [0.29, 0.717) is 13.1 Å². The number of likely N-dealkylation sites (N-methyl/N-ethyl adjacent to an activating group) is 1. The molecule has 1 aromatic heterocycles. The van der Waals surface area contributed by atoms with Crippen molar-refractivity contribution in [3.63, 3.8) is 0 Å². The molecular formula is C23H34N6O3S. The van der Waals surface area contributed by atoms with Crippen LogP contribution in [0.15, 0.2) is 41.8 Å². The number of anilines is 1. The zero-order chi connectivity index (χ0) is 23.8. The van der Waals surface area contributed by atoms with Crippen LogP contribution in [0.5, 0.6) is 5.75 Å². The third kappa shape index (κ3) is 6.91. The van der Waals surface area contributed by atoms with E-state index >= 15 is 0 Å². The first kappa shape index (κ1) is 25.0. The van der Waals surface area contributed by atoms with Gasteiger partial charge in [-0.15, -0.1) is 11.3 Å². The van der Waals surface area contributed by atoms with Crippen LogP contribution < -0.4 is 26.1 Å². The highest BCUT2D eigenvalue weighted by Crippen LogP contribution is 2.30. The van der Waals surface area contributed by atoms with E-state index in [4.69, 9.17) is 10.6 Å². The summed E-state index contributed by atoms with van der Waals surface area (Å²) in [6.45, 7) is 6.19. The minimum atomic E-state index is -0.641. The van der Waals surface area contributed by atoms with Gasteiger partial charge in [0.05, 0.1) is 13.2 Å². The molecule has 0 aliphatic carbocycles. The number of methoxy groups -OCH3 is 1. The minimum absolute atomic E-state index is 0.00468. The number of amides is 2. The fourth-order valence-electron chi connectivity index (χ4n) is 4.03. The van der Waals surface area contributed by atoms with Crippen molar-refractivity contribution in [1.29, 1.82) is 0 Å². The summed E-state index contributed by atoms with van der Waals surface area (Å²) in [6, 6.07) is 12.0. The summed E-state index contributed by atoms with van der Waals surface area (Å²) in [5.41, 5.74) is 1.17. The lowest BCUT2D eigenvalue weighted by Crippen LogP contribution is -2.54. The lowest BCUT2D eigenvalue weighted by atomic mass is 10.0. The number of thiophene rings is 1. The second kappa shape index (κ2) is 12.0. The summed E-state index contributed by atoms with van der Waals surface area (Å²) in [5.74, 6) is 5.12. The molecule has 1 aromatic carbocycles. The molecule has 1 aliphatic heterocycles. The topological polar surface area (TPSA) is 103 Å². The van der Waals surface area contributed by atoms with E-state index < -0.39 is 11.8 Å². The van der Waals surface area contributed by atoms with Crippen molar-refractivity contribution in [2.24, 2.45) is 5.84 Å². The Morgan fingerprint density at radius 1 is 1.15 bits per heavy atom. The molecule has 0 bridgehead atoms. The zero-order valence-electron chi connectivity index (χ0n) is 19.5. The van der Waals surface area contributed by atoms with Gasteiger partial charge in [0.2, 0.25) is 0 Å². The van der Waals surface area contributed by atoms with Gasteiger partial charge < -0.3 is 20.3 Å². The predicted octanol–water partition coefficient (Wildman–Crippen LogP) is 1.05. The maximum atomic E-state index is 12.5. The van der Waals surface area contributed by atoms with Crippen molar-refractivity contribution in [3.05, 3.63) is 46.7 Å². The van der Waals surface area contributed by atoms with E-state index in [1.165, 1.54) is 15.6 Å². The molecule has 0 spiro atoms. The number of nitrogens with one attached hydrogen (secondary N) is 2. The van der Waals surface area contributed by atoms with Crippen LogP contribution in [-0.4, -0.2) is 81.2 Å². The Hall–Kier alpha value is -2.66. The molecule has 1 saturated heterocycles. The Labute approximate surface area is 199 Å². The van der Waals surface area contributed by atoms with Crippen LogP contribution in [0.1, 0.15) is 17.8 Å². The van der Waals surface area contributed by atoms with Crippen LogP contribution in [0.4, 0.5) is 5.69 Å². The van der Waals surface area contributed by atoms with E-state index in [9.17, 15) is 9.59 Å². The van der Waals surface area contributed by atoms with Gasteiger partial charge in [0.25, 0.3) is 0 Å². The highest BCUT2D eigenvalue weighted by atomic mass is 32.1. The number of nitrogens with zero attached hydrogens (tertiary/aromatic N) is 3. The molecule has 1 fully saturated rings. The second-order valence-electron chi connectivity index (χ2n) is 8.18. The van der Waals surface area contributed by atoms with Crippen LogP contribution in [-0.2, 0) is 9.59 Å². The van der Waals surface area contributed by atoms with Crippen molar-refractivity contribution in [3.8, 4) is 5.75 Å². The molecule has 1 aliphatic rings. The van der Waals surface area contributed by atoms with Crippen LogP contribution in [0.3, 0.4) is 0 Å². The lowest BCUT2D eigenvalue weighted by Gasteiger charge is -2.42. The third-order valence-corrected chi connectivity index (χ3v) is 6.71. The molecule has 180 valence electrons. The van der Waals surface area contributed by atoms with Gasteiger partial charge in [-0.2, -0.15) is 0 Å². The normalized spacial score (nSPS) is 16.3. The summed E-state index contributed by atoms with van der Waals surface area (Å²) >= 11 is 1.67. The highest BCUT2D eigenvalue weighted by molar-refractivity contribution is 7.10. The molecule has 33 heavy (non-hydrogen) atoms. The number of benzene rings is 1.